The van der Waals surface area contributed by atoms with Gasteiger partial charge in [-0.2, -0.15) is 0 Å². The van der Waals surface area contributed by atoms with Gasteiger partial charge in [0.15, 0.2) is 0 Å². The molecule has 0 fully saturated rings. The number of aliphatic hydroxyl groups is 1. The second kappa shape index (κ2) is 7.40. The van der Waals surface area contributed by atoms with Crippen LogP contribution in [0.1, 0.15) is 18.2 Å². The average molecular weight is 337 g/mol. The van der Waals surface area contributed by atoms with Gasteiger partial charge in [0.05, 0.1) is 6.54 Å². The highest BCUT2D eigenvalue weighted by Crippen LogP contribution is 2.18. The summed E-state index contributed by atoms with van der Waals surface area (Å²) < 4.78 is 0. The molecule has 4 N–H and O–H groups in total. The molecule has 0 spiro atoms. The minimum atomic E-state index is -1.10. The summed E-state index contributed by atoms with van der Waals surface area (Å²) in [6.07, 6.45) is 0.719. The first-order chi connectivity index (χ1) is 12.0. The largest absolute Gasteiger partial charge is 0.384 e. The molecule has 2 amide bonds. The lowest BCUT2D eigenvalue weighted by Gasteiger charge is -2.24. The number of fused-ring (bicyclic) bond motifs is 1. The lowest BCUT2D eigenvalue weighted by Crippen LogP contribution is -2.43. The van der Waals surface area contributed by atoms with Gasteiger partial charge >= 0.3 is 6.03 Å². The number of hydrogen-bond donors (Lipinski definition) is 4. The molecule has 0 saturated heterocycles. The number of urea groups is 1. The monoisotopic (exact) mass is 337 g/mol. The Balaban J connectivity index is 1.45. The normalized spacial score (nSPS) is 13.4. The van der Waals surface area contributed by atoms with Gasteiger partial charge in [0.2, 0.25) is 0 Å². The van der Waals surface area contributed by atoms with Crippen LogP contribution in [0.4, 0.5) is 4.79 Å². The van der Waals surface area contributed by atoms with E-state index in [1.165, 1.54) is 5.39 Å². The fraction of sp³-hybridized carbons (Fsp3) is 0.250. The van der Waals surface area contributed by atoms with Crippen LogP contribution in [0.25, 0.3) is 10.9 Å². The Hall–Kier alpha value is -2.79. The maximum absolute atomic E-state index is 11.9. The van der Waals surface area contributed by atoms with Gasteiger partial charge in [0, 0.05) is 24.2 Å². The summed E-state index contributed by atoms with van der Waals surface area (Å²) in [5, 5.41) is 17.2. The van der Waals surface area contributed by atoms with Crippen LogP contribution in [0.2, 0.25) is 0 Å². The van der Waals surface area contributed by atoms with Crippen LogP contribution in [0.3, 0.4) is 0 Å². The van der Waals surface area contributed by atoms with E-state index >= 15 is 0 Å². The van der Waals surface area contributed by atoms with Crippen LogP contribution in [0.15, 0.2) is 60.7 Å². The first-order valence-corrected chi connectivity index (χ1v) is 8.41. The van der Waals surface area contributed by atoms with Crippen LogP contribution in [-0.4, -0.2) is 29.2 Å². The molecule has 0 saturated carbocycles. The fourth-order valence-corrected chi connectivity index (χ4v) is 2.79. The molecule has 0 radical (unpaired) electrons. The van der Waals surface area contributed by atoms with Crippen molar-refractivity contribution in [1.29, 1.82) is 0 Å². The zero-order valence-electron chi connectivity index (χ0n) is 14.3. The van der Waals surface area contributed by atoms with E-state index in [0.29, 0.717) is 6.54 Å². The third-order valence-corrected chi connectivity index (χ3v) is 4.25. The van der Waals surface area contributed by atoms with Crippen molar-refractivity contribution in [3.05, 3.63) is 71.9 Å². The van der Waals surface area contributed by atoms with E-state index in [0.717, 1.165) is 23.2 Å². The molecule has 1 unspecified atom stereocenters. The molecular weight excluding hydrogens is 314 g/mol. The number of H-pyrrole nitrogens is 1. The molecule has 0 aliphatic heterocycles. The summed E-state index contributed by atoms with van der Waals surface area (Å²) in [7, 11) is 0. The predicted molar refractivity (Wildman–Crippen MR) is 99.4 cm³/mol. The molecule has 2 aromatic carbocycles. The fourth-order valence-electron chi connectivity index (χ4n) is 2.79. The van der Waals surface area contributed by atoms with Gasteiger partial charge in [-0.1, -0.05) is 48.5 Å². The molecule has 25 heavy (non-hydrogen) atoms. The van der Waals surface area contributed by atoms with E-state index in [2.05, 4.69) is 27.8 Å². The van der Waals surface area contributed by atoms with Crippen molar-refractivity contribution < 1.29 is 9.90 Å². The molecule has 3 aromatic rings. The Bertz CT molecular complexity index is 807. The lowest BCUT2D eigenvalue weighted by molar-refractivity contribution is 0.0594. The maximum atomic E-state index is 11.9. The van der Waals surface area contributed by atoms with Crippen LogP contribution < -0.4 is 10.6 Å². The van der Waals surface area contributed by atoms with Crippen molar-refractivity contribution in [3.63, 3.8) is 0 Å². The Morgan fingerprint density at radius 2 is 1.80 bits per heavy atom. The number of nitrogens with one attached hydrogen (secondary N) is 3. The standard InChI is InChI=1S/C20H23N3O2/c1-20(25,16-8-3-2-4-9-16)14-22-19(24)21-12-11-17-13-15-7-5-6-10-18(15)23-17/h2-10,13,23,25H,11-12,14H2,1H3,(H2,21,22,24). The van der Waals surface area contributed by atoms with E-state index in [-0.39, 0.29) is 12.6 Å². The lowest BCUT2D eigenvalue weighted by atomic mass is 9.96. The summed E-state index contributed by atoms with van der Waals surface area (Å²) in [5.74, 6) is 0. The second-order valence-corrected chi connectivity index (χ2v) is 6.38. The second-order valence-electron chi connectivity index (χ2n) is 6.38. The number of carbonyl (C=O) groups is 1. The zero-order chi connectivity index (χ0) is 17.7. The molecule has 1 heterocycles. The molecule has 1 atom stereocenters. The van der Waals surface area contributed by atoms with Crippen LogP contribution in [-0.2, 0) is 12.0 Å². The summed E-state index contributed by atoms with van der Waals surface area (Å²) in [4.78, 5) is 15.3. The zero-order valence-corrected chi connectivity index (χ0v) is 14.3. The molecule has 0 aliphatic rings. The Morgan fingerprint density at radius 3 is 2.56 bits per heavy atom. The Labute approximate surface area is 147 Å². The quantitative estimate of drug-likeness (QED) is 0.558. The first-order valence-electron chi connectivity index (χ1n) is 8.41. The summed E-state index contributed by atoms with van der Waals surface area (Å²) >= 11 is 0. The van der Waals surface area contributed by atoms with Crippen LogP contribution in [0.5, 0.6) is 0 Å². The number of amides is 2. The smallest absolute Gasteiger partial charge is 0.314 e. The van der Waals surface area contributed by atoms with Gasteiger partial charge in [0.25, 0.3) is 0 Å². The van der Waals surface area contributed by atoms with E-state index in [1.54, 1.807) is 6.92 Å². The maximum Gasteiger partial charge on any atom is 0.314 e. The minimum absolute atomic E-state index is 0.148. The number of aromatic nitrogens is 1. The van der Waals surface area contributed by atoms with Crippen molar-refractivity contribution in [2.75, 3.05) is 13.1 Å². The number of para-hydroxylation sites is 1. The van der Waals surface area contributed by atoms with Crippen LogP contribution in [0, 0.1) is 0 Å². The van der Waals surface area contributed by atoms with Crippen molar-refractivity contribution in [2.45, 2.75) is 18.9 Å². The third kappa shape index (κ3) is 4.39. The molecular formula is C20H23N3O2. The van der Waals surface area contributed by atoms with Crippen molar-refractivity contribution in [1.82, 2.24) is 15.6 Å². The van der Waals surface area contributed by atoms with Crippen molar-refractivity contribution in [3.8, 4) is 0 Å². The summed E-state index contributed by atoms with van der Waals surface area (Å²) in [6, 6.07) is 19.2. The van der Waals surface area contributed by atoms with Crippen molar-refractivity contribution >= 4 is 16.9 Å². The van der Waals surface area contributed by atoms with Gasteiger partial charge in [0.1, 0.15) is 5.60 Å². The number of rotatable bonds is 6. The molecule has 0 bridgehead atoms. The highest BCUT2D eigenvalue weighted by atomic mass is 16.3. The van der Waals surface area contributed by atoms with E-state index < -0.39 is 5.60 Å². The number of carbonyl (C=O) groups excluding carboxylic acids is 1. The molecule has 5 nitrogen and oxygen atoms in total. The molecule has 1 aromatic heterocycles. The minimum Gasteiger partial charge on any atom is -0.384 e. The highest BCUT2D eigenvalue weighted by molar-refractivity contribution is 5.80. The Morgan fingerprint density at radius 1 is 1.08 bits per heavy atom. The molecule has 5 heteroatoms. The average Bonchev–Trinajstić information content (AvgIpc) is 3.03. The van der Waals surface area contributed by atoms with Gasteiger partial charge in [-0.25, -0.2) is 4.79 Å². The van der Waals surface area contributed by atoms with E-state index in [1.807, 2.05) is 48.5 Å². The first kappa shape index (κ1) is 17.0. The summed E-state index contributed by atoms with van der Waals surface area (Å²) in [6.45, 7) is 2.36. The predicted octanol–water partition coefficient (Wildman–Crippen LogP) is 2.92. The number of benzene rings is 2. The van der Waals surface area contributed by atoms with E-state index in [9.17, 15) is 9.90 Å². The molecule has 130 valence electrons. The van der Waals surface area contributed by atoms with Gasteiger partial charge < -0.3 is 20.7 Å². The van der Waals surface area contributed by atoms with Gasteiger partial charge in [-0.05, 0) is 30.0 Å². The SMILES string of the molecule is CC(O)(CNC(=O)NCCc1cc2ccccc2[nH]1)c1ccccc1. The molecule has 3 rings (SSSR count). The Kier molecular flexibility index (Phi) is 5.05. The van der Waals surface area contributed by atoms with Crippen molar-refractivity contribution in [2.24, 2.45) is 0 Å². The highest BCUT2D eigenvalue weighted by Gasteiger charge is 2.23. The summed E-state index contributed by atoms with van der Waals surface area (Å²) in [5.41, 5.74) is 1.85. The number of aromatic amines is 1. The third-order valence-electron chi connectivity index (χ3n) is 4.25. The van der Waals surface area contributed by atoms with Gasteiger partial charge in [-0.15, -0.1) is 0 Å². The molecule has 0 aliphatic carbocycles. The number of hydrogen-bond acceptors (Lipinski definition) is 2. The topological polar surface area (TPSA) is 77.2 Å². The van der Waals surface area contributed by atoms with Crippen LogP contribution >= 0.6 is 0 Å². The van der Waals surface area contributed by atoms with Gasteiger partial charge in [-0.3, -0.25) is 0 Å². The van der Waals surface area contributed by atoms with E-state index in [4.69, 9.17) is 0 Å².